The van der Waals surface area contributed by atoms with Gasteiger partial charge in [-0.05, 0) is 43.1 Å². The second-order valence-corrected chi connectivity index (χ2v) is 8.93. The van der Waals surface area contributed by atoms with Gasteiger partial charge in [0.15, 0.2) is 5.82 Å². The lowest BCUT2D eigenvalue weighted by Crippen LogP contribution is -2.38. The lowest BCUT2D eigenvalue weighted by Gasteiger charge is -2.26. The van der Waals surface area contributed by atoms with Crippen molar-refractivity contribution in [1.82, 2.24) is 19.6 Å². The summed E-state index contributed by atoms with van der Waals surface area (Å²) >= 11 is 1.25. The van der Waals surface area contributed by atoms with Crippen molar-refractivity contribution < 1.29 is 14.3 Å². The fourth-order valence-electron chi connectivity index (χ4n) is 3.62. The molecule has 1 amide bonds. The van der Waals surface area contributed by atoms with Crippen LogP contribution in [0.1, 0.15) is 28.9 Å². The molecule has 2 aromatic carbocycles. The molecule has 4 rings (SSSR count). The Bertz CT molecular complexity index is 1010. The highest BCUT2D eigenvalue weighted by Crippen LogP contribution is 2.24. The molecule has 1 fully saturated rings. The fraction of sp³-hybridized carbons (Fsp3) is 0.400. The minimum Gasteiger partial charge on any atom is -0.430 e. The molecule has 174 valence electrons. The Morgan fingerprint density at radius 2 is 1.82 bits per heavy atom. The highest BCUT2D eigenvalue weighted by Gasteiger charge is 2.11. The molecule has 1 N–H and O–H groups in total. The number of rotatable bonds is 10. The highest BCUT2D eigenvalue weighted by atomic mass is 32.1. The van der Waals surface area contributed by atoms with Crippen molar-refractivity contribution >= 4 is 17.4 Å². The van der Waals surface area contributed by atoms with Gasteiger partial charge in [0.25, 0.3) is 5.19 Å². The molecule has 1 saturated heterocycles. The number of nitrogens with one attached hydrogen (secondary N) is 1. The monoisotopic (exact) mass is 466 g/mol. The molecule has 0 aliphatic carbocycles. The molecule has 1 aromatic heterocycles. The summed E-state index contributed by atoms with van der Waals surface area (Å²) in [6.45, 7) is 7.33. The van der Waals surface area contributed by atoms with Gasteiger partial charge in [0.05, 0.1) is 19.6 Å². The van der Waals surface area contributed by atoms with Gasteiger partial charge in [0, 0.05) is 37.6 Å². The Labute approximate surface area is 198 Å². The summed E-state index contributed by atoms with van der Waals surface area (Å²) in [5, 5.41) is 3.52. The summed E-state index contributed by atoms with van der Waals surface area (Å²) in [5.74, 6) is 1.47. The number of morpholine rings is 1. The van der Waals surface area contributed by atoms with E-state index in [-0.39, 0.29) is 5.91 Å². The maximum atomic E-state index is 12.2. The lowest BCUT2D eigenvalue weighted by molar-refractivity contribution is -0.120. The second kappa shape index (κ2) is 11.9. The van der Waals surface area contributed by atoms with Crippen molar-refractivity contribution in [2.45, 2.75) is 26.2 Å². The van der Waals surface area contributed by atoms with Crippen LogP contribution < -0.4 is 10.1 Å². The first-order valence-electron chi connectivity index (χ1n) is 11.4. The topological polar surface area (TPSA) is 76.6 Å². The van der Waals surface area contributed by atoms with Crippen molar-refractivity contribution in [2.24, 2.45) is 0 Å². The van der Waals surface area contributed by atoms with Crippen LogP contribution in [-0.2, 0) is 22.4 Å². The number of hydrogen-bond acceptors (Lipinski definition) is 7. The summed E-state index contributed by atoms with van der Waals surface area (Å²) < 4.78 is 15.6. The zero-order valence-electron chi connectivity index (χ0n) is 19.0. The number of aromatic nitrogens is 2. The van der Waals surface area contributed by atoms with Crippen LogP contribution in [-0.4, -0.2) is 59.6 Å². The molecular formula is C25H30N4O3S. The van der Waals surface area contributed by atoms with Gasteiger partial charge in [0.1, 0.15) is 5.75 Å². The van der Waals surface area contributed by atoms with Gasteiger partial charge < -0.3 is 14.8 Å². The first-order chi connectivity index (χ1) is 16.1. The number of carbonyl (C=O) groups is 1. The van der Waals surface area contributed by atoms with Crippen molar-refractivity contribution in [1.29, 1.82) is 0 Å². The largest absolute Gasteiger partial charge is 0.430 e. The van der Waals surface area contributed by atoms with Gasteiger partial charge in [-0.2, -0.15) is 9.36 Å². The number of aryl methyl sites for hydroxylation is 1. The Morgan fingerprint density at radius 1 is 1.09 bits per heavy atom. The van der Waals surface area contributed by atoms with E-state index < -0.39 is 0 Å². The van der Waals surface area contributed by atoms with Gasteiger partial charge in [-0.15, -0.1) is 0 Å². The Kier molecular flexibility index (Phi) is 8.41. The van der Waals surface area contributed by atoms with E-state index in [9.17, 15) is 4.79 Å². The minimum atomic E-state index is 0.0375. The minimum absolute atomic E-state index is 0.0375. The third-order valence-electron chi connectivity index (χ3n) is 5.50. The standard InChI is InChI=1S/C25H30N4O3S/c1-19-3-5-20(6-4-19)17-23-27-25(33-28-23)32-22-9-7-21(8-10-22)18-24(30)26-11-2-12-29-13-15-31-16-14-29/h3-10H,2,11-18H2,1H3,(H,26,30). The summed E-state index contributed by atoms with van der Waals surface area (Å²) in [6.07, 6.45) is 1.99. The highest BCUT2D eigenvalue weighted by molar-refractivity contribution is 7.07. The van der Waals surface area contributed by atoms with Gasteiger partial charge in [-0.1, -0.05) is 42.0 Å². The molecule has 0 atom stereocenters. The number of carbonyl (C=O) groups excluding carboxylic acids is 1. The maximum Gasteiger partial charge on any atom is 0.298 e. The normalized spacial score (nSPS) is 14.2. The van der Waals surface area contributed by atoms with Crippen LogP contribution in [0.4, 0.5) is 0 Å². The lowest BCUT2D eigenvalue weighted by atomic mass is 10.1. The van der Waals surface area contributed by atoms with E-state index in [0.717, 1.165) is 50.7 Å². The number of hydrogen-bond donors (Lipinski definition) is 1. The molecule has 7 nitrogen and oxygen atoms in total. The van der Waals surface area contributed by atoms with Gasteiger partial charge in [-0.25, -0.2) is 0 Å². The van der Waals surface area contributed by atoms with Crippen LogP contribution >= 0.6 is 11.5 Å². The molecule has 0 bridgehead atoms. The van der Waals surface area contributed by atoms with Crippen LogP contribution in [0, 0.1) is 6.92 Å². The van der Waals surface area contributed by atoms with Crippen LogP contribution in [0.25, 0.3) is 0 Å². The van der Waals surface area contributed by atoms with E-state index in [1.54, 1.807) is 0 Å². The maximum absolute atomic E-state index is 12.2. The molecule has 33 heavy (non-hydrogen) atoms. The molecule has 2 heterocycles. The average Bonchev–Trinajstić information content (AvgIpc) is 3.27. The quantitative estimate of drug-likeness (QED) is 0.460. The smallest absolute Gasteiger partial charge is 0.298 e. The van der Waals surface area contributed by atoms with Crippen molar-refractivity contribution in [3.8, 4) is 10.9 Å². The zero-order chi connectivity index (χ0) is 22.9. The molecule has 0 radical (unpaired) electrons. The predicted octanol–water partition coefficient (Wildman–Crippen LogP) is 3.61. The molecular weight excluding hydrogens is 436 g/mol. The number of ether oxygens (including phenoxy) is 2. The predicted molar refractivity (Wildman–Crippen MR) is 129 cm³/mol. The molecule has 0 unspecified atom stereocenters. The third kappa shape index (κ3) is 7.63. The second-order valence-electron chi connectivity index (χ2n) is 8.22. The summed E-state index contributed by atoms with van der Waals surface area (Å²) in [6, 6.07) is 15.9. The first-order valence-corrected chi connectivity index (χ1v) is 12.1. The Morgan fingerprint density at radius 3 is 2.58 bits per heavy atom. The Balaban J connectivity index is 1.18. The number of benzene rings is 2. The zero-order valence-corrected chi connectivity index (χ0v) is 19.8. The van der Waals surface area contributed by atoms with E-state index in [1.165, 1.54) is 22.7 Å². The van der Waals surface area contributed by atoms with E-state index in [1.807, 2.05) is 24.3 Å². The molecule has 1 aliphatic rings. The van der Waals surface area contributed by atoms with Crippen molar-refractivity contribution in [2.75, 3.05) is 39.4 Å². The van der Waals surface area contributed by atoms with Gasteiger partial charge >= 0.3 is 0 Å². The van der Waals surface area contributed by atoms with E-state index in [2.05, 4.69) is 50.8 Å². The molecule has 0 saturated carbocycles. The molecule has 0 spiro atoms. The summed E-state index contributed by atoms with van der Waals surface area (Å²) in [4.78, 5) is 19.1. The summed E-state index contributed by atoms with van der Waals surface area (Å²) in [5.41, 5.74) is 3.36. The molecule has 1 aliphatic heterocycles. The van der Waals surface area contributed by atoms with Crippen LogP contribution in [0.5, 0.6) is 10.9 Å². The molecule has 3 aromatic rings. The van der Waals surface area contributed by atoms with Gasteiger partial charge in [0.2, 0.25) is 5.91 Å². The van der Waals surface area contributed by atoms with Crippen LogP contribution in [0.15, 0.2) is 48.5 Å². The first kappa shape index (κ1) is 23.4. The molecule has 8 heteroatoms. The van der Waals surface area contributed by atoms with E-state index in [0.29, 0.717) is 30.3 Å². The van der Waals surface area contributed by atoms with Crippen LogP contribution in [0.2, 0.25) is 0 Å². The van der Waals surface area contributed by atoms with Crippen molar-refractivity contribution in [3.05, 3.63) is 71.0 Å². The number of nitrogens with zero attached hydrogens (tertiary/aromatic N) is 3. The van der Waals surface area contributed by atoms with Gasteiger partial charge in [-0.3, -0.25) is 9.69 Å². The van der Waals surface area contributed by atoms with E-state index in [4.69, 9.17) is 9.47 Å². The number of amides is 1. The third-order valence-corrected chi connectivity index (χ3v) is 6.14. The Hall–Kier alpha value is -2.81. The van der Waals surface area contributed by atoms with Crippen molar-refractivity contribution in [3.63, 3.8) is 0 Å². The fourth-order valence-corrected chi connectivity index (χ4v) is 4.19. The average molecular weight is 467 g/mol. The SMILES string of the molecule is Cc1ccc(Cc2nsc(Oc3ccc(CC(=O)NCCCN4CCOCC4)cc3)n2)cc1. The van der Waals surface area contributed by atoms with Crippen LogP contribution in [0.3, 0.4) is 0 Å². The van der Waals surface area contributed by atoms with E-state index >= 15 is 0 Å². The summed E-state index contributed by atoms with van der Waals surface area (Å²) in [7, 11) is 0.